The van der Waals surface area contributed by atoms with Crippen molar-refractivity contribution in [3.05, 3.63) is 35.9 Å². The highest BCUT2D eigenvalue weighted by atomic mass is 16.4. The Hall–Kier alpha value is -1.35. The van der Waals surface area contributed by atoms with Gasteiger partial charge in [-0.2, -0.15) is 0 Å². The number of hydrogen-bond donors (Lipinski definition) is 2. The molecule has 1 rings (SSSR count). The topological polar surface area (TPSA) is 49.3 Å². The third-order valence-electron chi connectivity index (χ3n) is 2.84. The summed E-state index contributed by atoms with van der Waals surface area (Å²) in [4.78, 5) is 10.4. The third kappa shape index (κ3) is 6.74. The molecular weight excluding hydrogens is 214 g/mol. The van der Waals surface area contributed by atoms with Crippen LogP contribution in [0.1, 0.15) is 31.7 Å². The molecule has 94 valence electrons. The molecular formula is C14H21NO2. The normalized spacial score (nSPS) is 12.3. The number of carboxylic acid groups (broad SMARTS) is 1. The number of rotatable bonds is 8. The van der Waals surface area contributed by atoms with Gasteiger partial charge in [0.05, 0.1) is 0 Å². The highest BCUT2D eigenvalue weighted by Gasteiger charge is 2.04. The molecule has 0 saturated carbocycles. The van der Waals surface area contributed by atoms with Gasteiger partial charge in [-0.05, 0) is 30.9 Å². The summed E-state index contributed by atoms with van der Waals surface area (Å²) in [6, 6.07) is 10.3. The van der Waals surface area contributed by atoms with Crippen LogP contribution >= 0.6 is 0 Å². The van der Waals surface area contributed by atoms with E-state index in [9.17, 15) is 4.79 Å². The highest BCUT2D eigenvalue weighted by Crippen LogP contribution is 2.09. The predicted molar refractivity (Wildman–Crippen MR) is 68.8 cm³/mol. The lowest BCUT2D eigenvalue weighted by molar-refractivity contribution is -0.137. The zero-order chi connectivity index (χ0) is 12.5. The average Bonchev–Trinajstić information content (AvgIpc) is 2.33. The molecule has 0 aliphatic heterocycles. The standard InChI is InChI=1S/C14H21NO2/c1-12(7-8-14(16)17)9-10-15-11-13-5-3-2-4-6-13/h2-6,12,15H,7-11H2,1H3,(H,16,17). The maximum Gasteiger partial charge on any atom is 0.303 e. The molecule has 17 heavy (non-hydrogen) atoms. The Bertz CT molecular complexity index is 324. The van der Waals surface area contributed by atoms with Crippen molar-refractivity contribution in [2.45, 2.75) is 32.7 Å². The number of benzene rings is 1. The van der Waals surface area contributed by atoms with Crippen molar-refractivity contribution in [1.29, 1.82) is 0 Å². The van der Waals surface area contributed by atoms with E-state index in [2.05, 4.69) is 24.4 Å². The van der Waals surface area contributed by atoms with Crippen LogP contribution in [-0.4, -0.2) is 17.6 Å². The minimum atomic E-state index is -0.700. The van der Waals surface area contributed by atoms with Gasteiger partial charge in [0, 0.05) is 13.0 Å². The van der Waals surface area contributed by atoms with Crippen LogP contribution in [0.3, 0.4) is 0 Å². The maximum atomic E-state index is 10.4. The molecule has 0 spiro atoms. The summed E-state index contributed by atoms with van der Waals surface area (Å²) in [7, 11) is 0. The van der Waals surface area contributed by atoms with Crippen LogP contribution in [0.5, 0.6) is 0 Å². The number of carboxylic acids is 1. The van der Waals surface area contributed by atoms with Gasteiger partial charge in [-0.25, -0.2) is 0 Å². The first kappa shape index (κ1) is 13.7. The molecule has 0 heterocycles. The Morgan fingerprint density at radius 3 is 2.65 bits per heavy atom. The van der Waals surface area contributed by atoms with Crippen LogP contribution < -0.4 is 5.32 Å². The quantitative estimate of drug-likeness (QED) is 0.681. The lowest BCUT2D eigenvalue weighted by atomic mass is 10.0. The summed E-state index contributed by atoms with van der Waals surface area (Å²) < 4.78 is 0. The monoisotopic (exact) mass is 235 g/mol. The van der Waals surface area contributed by atoms with Crippen molar-refractivity contribution in [3.63, 3.8) is 0 Å². The summed E-state index contributed by atoms with van der Waals surface area (Å²) >= 11 is 0. The fourth-order valence-corrected chi connectivity index (χ4v) is 1.69. The molecule has 0 bridgehead atoms. The molecule has 1 aromatic carbocycles. The van der Waals surface area contributed by atoms with Crippen LogP contribution in [0.2, 0.25) is 0 Å². The SMILES string of the molecule is CC(CCNCc1ccccc1)CCC(=O)O. The van der Waals surface area contributed by atoms with Crippen molar-refractivity contribution in [1.82, 2.24) is 5.32 Å². The predicted octanol–water partition coefficient (Wildman–Crippen LogP) is 2.67. The van der Waals surface area contributed by atoms with Crippen LogP contribution in [0, 0.1) is 5.92 Å². The van der Waals surface area contributed by atoms with E-state index in [-0.39, 0.29) is 6.42 Å². The molecule has 2 N–H and O–H groups in total. The molecule has 0 aromatic heterocycles. The smallest absolute Gasteiger partial charge is 0.303 e. The Morgan fingerprint density at radius 2 is 2.00 bits per heavy atom. The zero-order valence-electron chi connectivity index (χ0n) is 10.4. The molecule has 0 amide bonds. The Kier molecular flexibility index (Phi) is 6.33. The number of hydrogen-bond acceptors (Lipinski definition) is 2. The number of nitrogens with one attached hydrogen (secondary N) is 1. The van der Waals surface area contributed by atoms with E-state index in [1.54, 1.807) is 0 Å². The minimum absolute atomic E-state index is 0.278. The molecule has 0 saturated heterocycles. The second-order valence-electron chi connectivity index (χ2n) is 4.49. The first-order valence-electron chi connectivity index (χ1n) is 6.15. The second-order valence-corrected chi connectivity index (χ2v) is 4.49. The lowest BCUT2D eigenvalue weighted by Crippen LogP contribution is -2.17. The highest BCUT2D eigenvalue weighted by molar-refractivity contribution is 5.66. The molecule has 0 aliphatic rings. The number of aliphatic carboxylic acids is 1. The van der Waals surface area contributed by atoms with E-state index in [1.807, 2.05) is 18.2 Å². The summed E-state index contributed by atoms with van der Waals surface area (Å²) in [5, 5.41) is 11.9. The van der Waals surface area contributed by atoms with Crippen LogP contribution in [-0.2, 0) is 11.3 Å². The Labute approximate surface area is 103 Å². The van der Waals surface area contributed by atoms with Crippen molar-refractivity contribution < 1.29 is 9.90 Å². The van der Waals surface area contributed by atoms with Gasteiger partial charge in [0.15, 0.2) is 0 Å². The maximum absolute atomic E-state index is 10.4. The first-order chi connectivity index (χ1) is 8.18. The van der Waals surface area contributed by atoms with Crippen LogP contribution in [0.4, 0.5) is 0 Å². The molecule has 3 heteroatoms. The van der Waals surface area contributed by atoms with E-state index >= 15 is 0 Å². The van der Waals surface area contributed by atoms with Gasteiger partial charge >= 0.3 is 5.97 Å². The zero-order valence-corrected chi connectivity index (χ0v) is 10.4. The van der Waals surface area contributed by atoms with Gasteiger partial charge in [0.2, 0.25) is 0 Å². The second kappa shape index (κ2) is 7.85. The van der Waals surface area contributed by atoms with Gasteiger partial charge in [0.1, 0.15) is 0 Å². The Morgan fingerprint density at radius 1 is 1.29 bits per heavy atom. The fourth-order valence-electron chi connectivity index (χ4n) is 1.69. The van der Waals surface area contributed by atoms with Crippen LogP contribution in [0.25, 0.3) is 0 Å². The molecule has 0 aliphatic carbocycles. The summed E-state index contributed by atoms with van der Waals surface area (Å²) in [6.45, 7) is 3.93. The molecule has 0 fully saturated rings. The van der Waals surface area contributed by atoms with E-state index in [0.29, 0.717) is 5.92 Å². The molecule has 1 unspecified atom stereocenters. The third-order valence-corrected chi connectivity index (χ3v) is 2.84. The molecule has 3 nitrogen and oxygen atoms in total. The lowest BCUT2D eigenvalue weighted by Gasteiger charge is -2.10. The molecule has 1 aromatic rings. The summed E-state index contributed by atoms with van der Waals surface area (Å²) in [5.74, 6) is -0.233. The minimum Gasteiger partial charge on any atom is -0.481 e. The van der Waals surface area contributed by atoms with Crippen molar-refractivity contribution >= 4 is 5.97 Å². The summed E-state index contributed by atoms with van der Waals surface area (Å²) in [5.41, 5.74) is 1.28. The number of carbonyl (C=O) groups is 1. The largest absolute Gasteiger partial charge is 0.481 e. The van der Waals surface area contributed by atoms with Crippen molar-refractivity contribution in [2.24, 2.45) is 5.92 Å². The first-order valence-corrected chi connectivity index (χ1v) is 6.15. The summed E-state index contributed by atoms with van der Waals surface area (Å²) in [6.07, 6.45) is 2.07. The molecule has 1 atom stereocenters. The van der Waals surface area contributed by atoms with Gasteiger partial charge in [-0.15, -0.1) is 0 Å². The van der Waals surface area contributed by atoms with Gasteiger partial charge < -0.3 is 10.4 Å². The van der Waals surface area contributed by atoms with Crippen molar-refractivity contribution in [3.8, 4) is 0 Å². The Balaban J connectivity index is 2.06. The molecule has 0 radical (unpaired) electrons. The van der Waals surface area contributed by atoms with Gasteiger partial charge in [0.25, 0.3) is 0 Å². The van der Waals surface area contributed by atoms with Crippen LogP contribution in [0.15, 0.2) is 30.3 Å². The van der Waals surface area contributed by atoms with E-state index in [1.165, 1.54) is 5.56 Å². The average molecular weight is 235 g/mol. The van der Waals surface area contributed by atoms with E-state index in [0.717, 1.165) is 25.9 Å². The van der Waals surface area contributed by atoms with Crippen molar-refractivity contribution in [2.75, 3.05) is 6.54 Å². The van der Waals surface area contributed by atoms with E-state index in [4.69, 9.17) is 5.11 Å². The van der Waals surface area contributed by atoms with E-state index < -0.39 is 5.97 Å². The fraction of sp³-hybridized carbons (Fsp3) is 0.500. The van der Waals surface area contributed by atoms with Gasteiger partial charge in [-0.3, -0.25) is 4.79 Å². The van der Waals surface area contributed by atoms with Gasteiger partial charge in [-0.1, -0.05) is 37.3 Å².